The van der Waals surface area contributed by atoms with E-state index in [-0.39, 0.29) is 6.54 Å². The number of hydrogen-bond donors (Lipinski definition) is 3. The number of aryl methyl sites for hydroxylation is 1. The zero-order valence-corrected chi connectivity index (χ0v) is 21.6. The first-order chi connectivity index (χ1) is 18.9. The standard InChI is InChI=1S/C25H25N9O5/c1-13-7-15(11-28-21(13)24-32-20(10-26)39-33-24)30-25(35)31-16-12-27-19-5-6-29-34(19)22(16)14-8-17(36-2)23(38-4)18(9-14)37-3/h5-9,11-12H,10,26H2,1-4H3,(H2,30,31,35). The summed E-state index contributed by atoms with van der Waals surface area (Å²) in [5.74, 6) is 1.95. The van der Waals surface area contributed by atoms with Crippen LogP contribution in [0.25, 0.3) is 28.4 Å². The number of amides is 2. The summed E-state index contributed by atoms with van der Waals surface area (Å²) in [6.07, 6.45) is 4.66. The molecule has 14 heteroatoms. The number of fused-ring (bicyclic) bond motifs is 1. The third-order valence-electron chi connectivity index (χ3n) is 5.79. The number of hydrogen-bond acceptors (Lipinski definition) is 11. The first-order valence-corrected chi connectivity index (χ1v) is 11.7. The van der Waals surface area contributed by atoms with E-state index in [1.54, 1.807) is 41.2 Å². The molecule has 0 aliphatic rings. The van der Waals surface area contributed by atoms with E-state index >= 15 is 0 Å². The van der Waals surface area contributed by atoms with Crippen molar-refractivity contribution < 1.29 is 23.5 Å². The SMILES string of the molecule is COc1cc(-c2c(NC(=O)Nc3cnc(-c4noc(CN)n4)c(C)c3)cnc3ccnn23)cc(OC)c1OC. The van der Waals surface area contributed by atoms with Gasteiger partial charge in [-0.2, -0.15) is 10.1 Å². The molecule has 4 aromatic heterocycles. The fourth-order valence-electron chi connectivity index (χ4n) is 4.06. The van der Waals surface area contributed by atoms with Gasteiger partial charge in [-0.3, -0.25) is 4.98 Å². The molecule has 0 aliphatic heterocycles. The molecule has 5 aromatic rings. The second kappa shape index (κ2) is 10.6. The quantitative estimate of drug-likeness (QED) is 0.268. The summed E-state index contributed by atoms with van der Waals surface area (Å²) in [4.78, 5) is 26.0. The lowest BCUT2D eigenvalue weighted by Crippen LogP contribution is -2.21. The van der Waals surface area contributed by atoms with Crippen LogP contribution in [-0.2, 0) is 6.54 Å². The monoisotopic (exact) mass is 531 g/mol. The number of ether oxygens (including phenoxy) is 3. The van der Waals surface area contributed by atoms with Crippen molar-refractivity contribution in [3.8, 4) is 40.0 Å². The third-order valence-corrected chi connectivity index (χ3v) is 5.79. The highest BCUT2D eigenvalue weighted by molar-refractivity contribution is 6.02. The first-order valence-electron chi connectivity index (χ1n) is 11.7. The van der Waals surface area contributed by atoms with Crippen molar-refractivity contribution in [1.82, 2.24) is 29.7 Å². The van der Waals surface area contributed by atoms with Gasteiger partial charge in [0.05, 0.1) is 63.5 Å². The van der Waals surface area contributed by atoms with Gasteiger partial charge in [-0.05, 0) is 30.7 Å². The molecule has 0 fully saturated rings. The van der Waals surface area contributed by atoms with Crippen LogP contribution in [-0.4, -0.2) is 57.1 Å². The normalized spacial score (nSPS) is 10.9. The Morgan fingerprint density at radius 2 is 1.82 bits per heavy atom. The fourth-order valence-corrected chi connectivity index (χ4v) is 4.06. The van der Waals surface area contributed by atoms with E-state index in [1.807, 2.05) is 6.92 Å². The molecule has 0 aliphatic carbocycles. The molecule has 200 valence electrons. The maximum Gasteiger partial charge on any atom is 0.323 e. The lowest BCUT2D eigenvalue weighted by Gasteiger charge is -2.17. The van der Waals surface area contributed by atoms with Crippen molar-refractivity contribution in [2.75, 3.05) is 32.0 Å². The van der Waals surface area contributed by atoms with Crippen LogP contribution in [0.3, 0.4) is 0 Å². The van der Waals surface area contributed by atoms with Gasteiger partial charge in [-0.15, -0.1) is 0 Å². The second-order valence-electron chi connectivity index (χ2n) is 8.22. The van der Waals surface area contributed by atoms with E-state index in [0.29, 0.717) is 62.9 Å². The van der Waals surface area contributed by atoms with E-state index in [0.717, 1.165) is 5.56 Å². The number of aromatic nitrogens is 6. The number of carbonyl (C=O) groups is 1. The van der Waals surface area contributed by atoms with Crippen LogP contribution in [0.4, 0.5) is 16.2 Å². The number of nitrogens with two attached hydrogens (primary N) is 1. The lowest BCUT2D eigenvalue weighted by atomic mass is 10.1. The largest absolute Gasteiger partial charge is 0.493 e. The maximum atomic E-state index is 13.1. The Kier molecular flexibility index (Phi) is 6.93. The predicted octanol–water partition coefficient (Wildman–Crippen LogP) is 3.28. The third kappa shape index (κ3) is 4.87. The molecule has 0 spiro atoms. The average Bonchev–Trinajstić information content (AvgIpc) is 3.62. The number of rotatable bonds is 8. The number of methoxy groups -OCH3 is 3. The molecule has 39 heavy (non-hydrogen) atoms. The van der Waals surface area contributed by atoms with E-state index < -0.39 is 6.03 Å². The van der Waals surface area contributed by atoms with Crippen LogP contribution in [0, 0.1) is 6.92 Å². The van der Waals surface area contributed by atoms with E-state index in [1.165, 1.54) is 27.5 Å². The van der Waals surface area contributed by atoms with Crippen LogP contribution in [0.5, 0.6) is 17.2 Å². The van der Waals surface area contributed by atoms with E-state index in [9.17, 15) is 4.79 Å². The van der Waals surface area contributed by atoms with Crippen molar-refractivity contribution in [2.45, 2.75) is 13.5 Å². The molecule has 0 atom stereocenters. The number of carbonyl (C=O) groups excluding carboxylic acids is 1. The smallest absolute Gasteiger partial charge is 0.323 e. The Morgan fingerprint density at radius 1 is 1.05 bits per heavy atom. The van der Waals surface area contributed by atoms with Crippen molar-refractivity contribution in [3.05, 3.63) is 54.3 Å². The van der Waals surface area contributed by atoms with Gasteiger partial charge in [0, 0.05) is 11.6 Å². The summed E-state index contributed by atoms with van der Waals surface area (Å²) in [7, 11) is 4.58. The minimum absolute atomic E-state index is 0.128. The summed E-state index contributed by atoms with van der Waals surface area (Å²) in [5.41, 5.74) is 9.41. The zero-order chi connectivity index (χ0) is 27.5. The Hall–Kier alpha value is -5.24. The predicted molar refractivity (Wildman–Crippen MR) is 141 cm³/mol. The van der Waals surface area contributed by atoms with Gasteiger partial charge in [0.2, 0.25) is 17.5 Å². The number of nitrogens with zero attached hydrogens (tertiary/aromatic N) is 6. The number of anilines is 2. The molecule has 0 saturated heterocycles. The van der Waals surface area contributed by atoms with Gasteiger partial charge >= 0.3 is 6.03 Å². The molecule has 0 unspecified atom stereocenters. The molecule has 4 heterocycles. The van der Waals surface area contributed by atoms with Gasteiger partial charge in [0.1, 0.15) is 5.69 Å². The topological polar surface area (TPSA) is 177 Å². The summed E-state index contributed by atoms with van der Waals surface area (Å²) < 4.78 is 23.1. The number of benzene rings is 1. The Morgan fingerprint density at radius 3 is 2.46 bits per heavy atom. The van der Waals surface area contributed by atoms with Crippen LogP contribution in [0.1, 0.15) is 11.5 Å². The Labute approximate surface area is 222 Å². The fraction of sp³-hybridized carbons (Fsp3) is 0.200. The number of urea groups is 1. The highest BCUT2D eigenvalue weighted by atomic mass is 16.5. The molecular formula is C25H25N9O5. The van der Waals surface area contributed by atoms with Gasteiger partial charge in [-0.25, -0.2) is 14.3 Å². The first kappa shape index (κ1) is 25.4. The Bertz CT molecular complexity index is 1640. The van der Waals surface area contributed by atoms with E-state index in [4.69, 9.17) is 24.5 Å². The zero-order valence-electron chi connectivity index (χ0n) is 21.6. The molecule has 0 bridgehead atoms. The van der Waals surface area contributed by atoms with Gasteiger partial charge in [0.25, 0.3) is 0 Å². The lowest BCUT2D eigenvalue weighted by molar-refractivity contribution is 0.262. The summed E-state index contributed by atoms with van der Waals surface area (Å²) in [6, 6.07) is 6.51. The molecule has 2 amide bonds. The van der Waals surface area contributed by atoms with Crippen molar-refractivity contribution >= 4 is 23.1 Å². The molecule has 14 nitrogen and oxygen atoms in total. The van der Waals surface area contributed by atoms with Crippen LogP contribution < -0.4 is 30.6 Å². The second-order valence-corrected chi connectivity index (χ2v) is 8.22. The molecule has 1 aromatic carbocycles. The van der Waals surface area contributed by atoms with Crippen molar-refractivity contribution in [2.24, 2.45) is 5.73 Å². The maximum absolute atomic E-state index is 13.1. The molecule has 4 N–H and O–H groups in total. The number of nitrogens with one attached hydrogen (secondary N) is 2. The van der Waals surface area contributed by atoms with Gasteiger partial charge in [-0.1, -0.05) is 5.16 Å². The van der Waals surface area contributed by atoms with Crippen LogP contribution in [0.2, 0.25) is 0 Å². The number of pyridine rings is 1. The Balaban J connectivity index is 1.46. The van der Waals surface area contributed by atoms with Gasteiger partial charge < -0.3 is 35.1 Å². The molecule has 0 saturated carbocycles. The van der Waals surface area contributed by atoms with Crippen molar-refractivity contribution in [3.63, 3.8) is 0 Å². The summed E-state index contributed by atoms with van der Waals surface area (Å²) in [6.45, 7) is 1.95. The summed E-state index contributed by atoms with van der Waals surface area (Å²) in [5, 5.41) is 13.9. The minimum Gasteiger partial charge on any atom is -0.493 e. The van der Waals surface area contributed by atoms with Crippen LogP contribution >= 0.6 is 0 Å². The van der Waals surface area contributed by atoms with Crippen molar-refractivity contribution in [1.29, 1.82) is 0 Å². The molecular weight excluding hydrogens is 506 g/mol. The highest BCUT2D eigenvalue weighted by Gasteiger charge is 2.20. The highest BCUT2D eigenvalue weighted by Crippen LogP contribution is 2.42. The minimum atomic E-state index is -0.518. The average molecular weight is 532 g/mol. The summed E-state index contributed by atoms with van der Waals surface area (Å²) >= 11 is 0. The van der Waals surface area contributed by atoms with Crippen LogP contribution in [0.15, 0.2) is 47.4 Å². The molecule has 0 radical (unpaired) electrons. The van der Waals surface area contributed by atoms with E-state index in [2.05, 4.69) is 35.8 Å². The van der Waals surface area contributed by atoms with Gasteiger partial charge in [0.15, 0.2) is 17.1 Å². The molecule has 5 rings (SSSR count).